The zero-order valence-corrected chi connectivity index (χ0v) is 11.6. The summed E-state index contributed by atoms with van der Waals surface area (Å²) in [6, 6.07) is 7.14. The van der Waals surface area contributed by atoms with Crippen molar-refractivity contribution in [1.82, 2.24) is 14.5 Å². The minimum Gasteiger partial charge on any atom is -0.369 e. The highest BCUT2D eigenvalue weighted by atomic mass is 35.5. The smallest absolute Gasteiger partial charge is 0.207 e. The second kappa shape index (κ2) is 4.40. The predicted molar refractivity (Wildman–Crippen MR) is 78.0 cm³/mol. The first-order valence-electron chi connectivity index (χ1n) is 5.61. The van der Waals surface area contributed by atoms with Crippen molar-refractivity contribution < 1.29 is 0 Å². The number of fused-ring (bicyclic) bond motifs is 1. The quantitative estimate of drug-likeness (QED) is 0.745. The number of nitrogen functional groups attached to an aromatic ring is 1. The van der Waals surface area contributed by atoms with Gasteiger partial charge in [0.1, 0.15) is 5.52 Å². The molecule has 19 heavy (non-hydrogen) atoms. The number of hydrogen-bond donors (Lipinski definition) is 1. The van der Waals surface area contributed by atoms with Crippen LogP contribution in [0.15, 0.2) is 30.5 Å². The van der Waals surface area contributed by atoms with Crippen LogP contribution >= 0.6 is 23.2 Å². The van der Waals surface area contributed by atoms with Gasteiger partial charge >= 0.3 is 0 Å². The third-order valence-electron chi connectivity index (χ3n) is 2.77. The molecule has 2 aromatic heterocycles. The number of rotatable bonds is 1. The Balaban J connectivity index is 2.32. The van der Waals surface area contributed by atoms with Gasteiger partial charge in [-0.05, 0) is 36.8 Å². The normalized spacial score (nSPS) is 11.1. The van der Waals surface area contributed by atoms with Gasteiger partial charge in [0.05, 0.1) is 5.69 Å². The van der Waals surface area contributed by atoms with Crippen molar-refractivity contribution >= 4 is 40.3 Å². The van der Waals surface area contributed by atoms with Gasteiger partial charge in [-0.2, -0.15) is 0 Å². The largest absolute Gasteiger partial charge is 0.369 e. The van der Waals surface area contributed by atoms with Gasteiger partial charge in [0, 0.05) is 16.2 Å². The molecule has 0 spiro atoms. The van der Waals surface area contributed by atoms with Gasteiger partial charge in [-0.25, -0.2) is 9.97 Å². The summed E-state index contributed by atoms with van der Waals surface area (Å²) in [7, 11) is 0. The van der Waals surface area contributed by atoms with Crippen LogP contribution in [-0.2, 0) is 0 Å². The molecule has 0 amide bonds. The van der Waals surface area contributed by atoms with E-state index in [0.29, 0.717) is 21.6 Å². The molecule has 3 rings (SSSR count). The number of aromatic nitrogens is 3. The van der Waals surface area contributed by atoms with Crippen LogP contribution in [0.1, 0.15) is 5.56 Å². The van der Waals surface area contributed by atoms with Gasteiger partial charge in [0.15, 0.2) is 5.65 Å². The average Bonchev–Trinajstić information content (AvgIpc) is 2.62. The van der Waals surface area contributed by atoms with Crippen molar-refractivity contribution in [2.45, 2.75) is 6.92 Å². The number of imidazole rings is 1. The van der Waals surface area contributed by atoms with Crippen molar-refractivity contribution in [1.29, 1.82) is 0 Å². The Morgan fingerprint density at radius 2 is 1.79 bits per heavy atom. The molecule has 0 aliphatic rings. The minimum atomic E-state index is 0.353. The zero-order valence-electron chi connectivity index (χ0n) is 10.1. The van der Waals surface area contributed by atoms with Crippen LogP contribution in [0.5, 0.6) is 0 Å². The maximum atomic E-state index is 6.02. The summed E-state index contributed by atoms with van der Waals surface area (Å²) in [4.78, 5) is 8.67. The fourth-order valence-corrected chi connectivity index (χ4v) is 2.52. The fourth-order valence-electron chi connectivity index (χ4n) is 2.01. The molecule has 0 fully saturated rings. The second-order valence-corrected chi connectivity index (χ2v) is 5.16. The Hall–Kier alpha value is -1.78. The highest BCUT2D eigenvalue weighted by molar-refractivity contribution is 6.34. The number of anilines is 1. The molecule has 0 unspecified atom stereocenters. The lowest BCUT2D eigenvalue weighted by Gasteiger charge is -2.07. The van der Waals surface area contributed by atoms with E-state index in [2.05, 4.69) is 9.97 Å². The molecule has 2 heterocycles. The third-order valence-corrected chi connectivity index (χ3v) is 3.20. The minimum absolute atomic E-state index is 0.353. The third kappa shape index (κ3) is 2.13. The molecule has 0 saturated heterocycles. The lowest BCUT2D eigenvalue weighted by Crippen LogP contribution is -2.01. The number of hydrogen-bond acceptors (Lipinski definition) is 3. The van der Waals surface area contributed by atoms with Crippen LogP contribution in [0.3, 0.4) is 0 Å². The molecule has 2 N–H and O–H groups in total. The number of benzene rings is 1. The monoisotopic (exact) mass is 292 g/mol. The maximum absolute atomic E-state index is 6.02. The average molecular weight is 293 g/mol. The number of nitrogens with zero attached hydrogens (tertiary/aromatic N) is 3. The molecular formula is C13H10Cl2N4. The summed E-state index contributed by atoms with van der Waals surface area (Å²) in [5, 5.41) is 1.08. The van der Waals surface area contributed by atoms with Crippen LogP contribution in [-0.4, -0.2) is 14.5 Å². The highest BCUT2D eigenvalue weighted by Gasteiger charge is 2.12. The van der Waals surface area contributed by atoms with E-state index in [4.69, 9.17) is 28.9 Å². The SMILES string of the molecule is Cc1cnc2c(c1)nc(N)n2-c1cc(Cl)cc(Cl)c1. The van der Waals surface area contributed by atoms with E-state index >= 15 is 0 Å². The van der Waals surface area contributed by atoms with Crippen molar-refractivity contribution in [3.63, 3.8) is 0 Å². The van der Waals surface area contributed by atoms with Crippen LogP contribution in [0.4, 0.5) is 5.95 Å². The van der Waals surface area contributed by atoms with Crippen LogP contribution in [0.25, 0.3) is 16.9 Å². The Morgan fingerprint density at radius 3 is 2.47 bits per heavy atom. The number of nitrogens with two attached hydrogens (primary N) is 1. The second-order valence-electron chi connectivity index (χ2n) is 4.29. The first-order valence-corrected chi connectivity index (χ1v) is 6.37. The van der Waals surface area contributed by atoms with E-state index in [-0.39, 0.29) is 0 Å². The first-order chi connectivity index (χ1) is 9.04. The molecule has 0 aliphatic carbocycles. The summed E-state index contributed by atoms with van der Waals surface area (Å²) < 4.78 is 1.73. The van der Waals surface area contributed by atoms with Crippen molar-refractivity contribution in [3.05, 3.63) is 46.1 Å². The van der Waals surface area contributed by atoms with E-state index in [1.54, 1.807) is 29.0 Å². The Morgan fingerprint density at radius 1 is 1.11 bits per heavy atom. The van der Waals surface area contributed by atoms with Gasteiger partial charge in [0.25, 0.3) is 0 Å². The first kappa shape index (κ1) is 12.3. The Kier molecular flexibility index (Phi) is 2.84. The van der Waals surface area contributed by atoms with Crippen LogP contribution in [0, 0.1) is 6.92 Å². The summed E-state index contributed by atoms with van der Waals surface area (Å²) >= 11 is 12.0. The van der Waals surface area contributed by atoms with Gasteiger partial charge < -0.3 is 5.73 Å². The standard InChI is InChI=1S/C13H10Cl2N4/c1-7-2-11-12(17-6-7)19(13(16)18-11)10-4-8(14)3-9(15)5-10/h2-6H,1H3,(H2,16,18). The molecule has 0 radical (unpaired) electrons. The maximum Gasteiger partial charge on any atom is 0.207 e. The van der Waals surface area contributed by atoms with E-state index in [1.165, 1.54) is 0 Å². The van der Waals surface area contributed by atoms with E-state index in [9.17, 15) is 0 Å². The molecule has 3 aromatic rings. The van der Waals surface area contributed by atoms with Crippen molar-refractivity contribution in [2.24, 2.45) is 0 Å². The lowest BCUT2D eigenvalue weighted by atomic mass is 10.3. The predicted octanol–water partition coefficient (Wildman–Crippen LogP) is 3.62. The van der Waals surface area contributed by atoms with Crippen LogP contribution < -0.4 is 5.73 Å². The highest BCUT2D eigenvalue weighted by Crippen LogP contribution is 2.27. The number of halogens is 2. The molecule has 0 aliphatic heterocycles. The van der Waals surface area contributed by atoms with Crippen molar-refractivity contribution in [2.75, 3.05) is 5.73 Å². The summed E-state index contributed by atoms with van der Waals surface area (Å²) in [5.41, 5.74) is 9.16. The van der Waals surface area contributed by atoms with Gasteiger partial charge in [-0.3, -0.25) is 4.57 Å². The molecule has 0 atom stereocenters. The molecule has 4 nitrogen and oxygen atoms in total. The molecule has 6 heteroatoms. The lowest BCUT2D eigenvalue weighted by molar-refractivity contribution is 1.08. The Bertz CT molecular complexity index is 759. The van der Waals surface area contributed by atoms with Crippen molar-refractivity contribution in [3.8, 4) is 5.69 Å². The molecule has 96 valence electrons. The summed E-state index contributed by atoms with van der Waals surface area (Å²) in [5.74, 6) is 0.353. The molecular weight excluding hydrogens is 283 g/mol. The topological polar surface area (TPSA) is 56.7 Å². The summed E-state index contributed by atoms with van der Waals surface area (Å²) in [6.07, 6.45) is 1.77. The number of pyridine rings is 1. The van der Waals surface area contributed by atoms with E-state index in [1.807, 2.05) is 13.0 Å². The van der Waals surface area contributed by atoms with Gasteiger partial charge in [0.2, 0.25) is 5.95 Å². The van der Waals surface area contributed by atoms with Gasteiger partial charge in [-0.15, -0.1) is 0 Å². The molecule has 1 aromatic carbocycles. The Labute approximate surface area is 119 Å². The van der Waals surface area contributed by atoms with Crippen LogP contribution in [0.2, 0.25) is 10.0 Å². The van der Waals surface area contributed by atoms with Gasteiger partial charge in [-0.1, -0.05) is 23.2 Å². The summed E-state index contributed by atoms with van der Waals surface area (Å²) in [6.45, 7) is 1.96. The zero-order chi connectivity index (χ0) is 13.6. The fraction of sp³-hybridized carbons (Fsp3) is 0.0769. The number of aryl methyl sites for hydroxylation is 1. The molecule has 0 saturated carbocycles. The molecule has 0 bridgehead atoms. The van der Waals surface area contributed by atoms with E-state index < -0.39 is 0 Å². The van der Waals surface area contributed by atoms with E-state index in [0.717, 1.165) is 16.8 Å².